The lowest BCUT2D eigenvalue weighted by Gasteiger charge is -2.44. The number of hydrogen-bond donors (Lipinski definition) is 1. The minimum Gasteiger partial charge on any atom is -0.462 e. The van der Waals surface area contributed by atoms with Gasteiger partial charge in [-0.1, -0.05) is 45.9 Å². The fourth-order valence-electron chi connectivity index (χ4n) is 5.46. The van der Waals surface area contributed by atoms with Gasteiger partial charge in [-0.05, 0) is 62.4 Å². The maximum atomic E-state index is 13.1. The van der Waals surface area contributed by atoms with Gasteiger partial charge in [0, 0.05) is 12.3 Å². The van der Waals surface area contributed by atoms with Crippen molar-refractivity contribution >= 4 is 11.9 Å². The smallest absolute Gasteiger partial charge is 0.312 e. The van der Waals surface area contributed by atoms with Gasteiger partial charge in [0.25, 0.3) is 0 Å². The first kappa shape index (κ1) is 24.0. The summed E-state index contributed by atoms with van der Waals surface area (Å²) in [4.78, 5) is 24.8. The molecular formula is C26H40O5. The number of carbonyl (C=O) groups is 2. The lowest BCUT2D eigenvalue weighted by Crippen LogP contribution is -2.43. The number of hydrogen-bond acceptors (Lipinski definition) is 5. The first-order chi connectivity index (χ1) is 14.7. The average molecular weight is 433 g/mol. The number of carbonyl (C=O) groups excluding carboxylic acids is 2. The van der Waals surface area contributed by atoms with Gasteiger partial charge in [0.05, 0.1) is 17.9 Å². The summed E-state index contributed by atoms with van der Waals surface area (Å²) in [5.74, 6) is 0.812. The van der Waals surface area contributed by atoms with Crippen LogP contribution in [-0.2, 0) is 19.1 Å². The van der Waals surface area contributed by atoms with E-state index in [9.17, 15) is 14.7 Å². The Hall–Kier alpha value is -1.62. The Kier molecular flexibility index (Phi) is 7.67. The van der Waals surface area contributed by atoms with Crippen LogP contribution in [0.15, 0.2) is 23.8 Å². The van der Waals surface area contributed by atoms with Crippen LogP contribution < -0.4 is 0 Å². The largest absolute Gasteiger partial charge is 0.462 e. The first-order valence-corrected chi connectivity index (χ1v) is 12.1. The van der Waals surface area contributed by atoms with Gasteiger partial charge in [-0.15, -0.1) is 0 Å². The molecule has 5 nitrogen and oxygen atoms in total. The summed E-state index contributed by atoms with van der Waals surface area (Å²) >= 11 is 0. The highest BCUT2D eigenvalue weighted by atomic mass is 16.6. The number of aliphatic hydroxyl groups excluding tert-OH is 1. The van der Waals surface area contributed by atoms with E-state index in [2.05, 4.69) is 32.1 Å². The van der Waals surface area contributed by atoms with E-state index in [1.807, 2.05) is 20.8 Å². The number of cyclic esters (lactones) is 1. The van der Waals surface area contributed by atoms with E-state index in [1.165, 1.54) is 5.57 Å². The van der Waals surface area contributed by atoms with Crippen molar-refractivity contribution in [1.29, 1.82) is 0 Å². The van der Waals surface area contributed by atoms with E-state index < -0.39 is 11.5 Å². The average Bonchev–Trinajstić information content (AvgIpc) is 2.71. The second-order valence-electron chi connectivity index (χ2n) is 10.3. The van der Waals surface area contributed by atoms with Gasteiger partial charge >= 0.3 is 11.9 Å². The number of ether oxygens (including phenoxy) is 2. The highest BCUT2D eigenvalue weighted by Crippen LogP contribution is 2.46. The highest BCUT2D eigenvalue weighted by molar-refractivity contribution is 5.76. The summed E-state index contributed by atoms with van der Waals surface area (Å²) in [6.07, 6.45) is 10.4. The van der Waals surface area contributed by atoms with Crippen LogP contribution in [-0.4, -0.2) is 35.4 Å². The lowest BCUT2D eigenvalue weighted by molar-refractivity contribution is -0.167. The van der Waals surface area contributed by atoms with Crippen molar-refractivity contribution in [2.45, 2.75) is 97.9 Å². The van der Waals surface area contributed by atoms with Gasteiger partial charge in [0.2, 0.25) is 0 Å². The van der Waals surface area contributed by atoms with Crippen LogP contribution in [0.2, 0.25) is 0 Å². The van der Waals surface area contributed by atoms with E-state index in [0.29, 0.717) is 24.2 Å². The van der Waals surface area contributed by atoms with Crippen molar-refractivity contribution < 1.29 is 24.2 Å². The Morgan fingerprint density at radius 1 is 1.23 bits per heavy atom. The Labute approximate surface area is 187 Å². The molecule has 2 aliphatic carbocycles. The molecule has 1 aliphatic heterocycles. The summed E-state index contributed by atoms with van der Waals surface area (Å²) < 4.78 is 11.7. The third-order valence-electron chi connectivity index (χ3n) is 7.96. The highest BCUT2D eigenvalue weighted by Gasteiger charge is 2.43. The minimum absolute atomic E-state index is 0.0822. The quantitative estimate of drug-likeness (QED) is 0.575. The molecule has 0 amide bonds. The van der Waals surface area contributed by atoms with Gasteiger partial charge in [-0.3, -0.25) is 9.59 Å². The molecule has 1 heterocycles. The van der Waals surface area contributed by atoms with Crippen LogP contribution in [0.4, 0.5) is 0 Å². The number of fused-ring (bicyclic) bond motifs is 1. The fourth-order valence-corrected chi connectivity index (χ4v) is 5.46. The lowest BCUT2D eigenvalue weighted by atomic mass is 9.65. The molecule has 31 heavy (non-hydrogen) atoms. The number of allylic oxidation sites excluding steroid dienone is 3. The van der Waals surface area contributed by atoms with Gasteiger partial charge in [-0.25, -0.2) is 0 Å². The molecule has 174 valence electrons. The molecule has 1 N–H and O–H groups in total. The molecule has 0 bridgehead atoms. The monoisotopic (exact) mass is 432 g/mol. The standard InChI is InChI=1S/C26H40O5/c1-6-26(5,7-2)25(29)31-22-13-16(3)12-18-9-8-17(4)21(24(18)22)11-10-20-14-19(27)15-23(28)30-20/h8-9,12,16-17,19-22,24,27H,6-7,10-11,13-15H2,1-5H3/t16-,17+,19-,20-,21-,22+,24-/m1/s1. The van der Waals surface area contributed by atoms with E-state index in [1.54, 1.807) is 0 Å². The molecule has 0 spiro atoms. The van der Waals surface area contributed by atoms with E-state index >= 15 is 0 Å². The second kappa shape index (κ2) is 9.89. The Bertz CT molecular complexity index is 719. The molecule has 0 unspecified atom stereocenters. The van der Waals surface area contributed by atoms with Crippen LogP contribution in [0.1, 0.15) is 79.6 Å². The molecule has 0 saturated carbocycles. The zero-order valence-electron chi connectivity index (χ0n) is 19.8. The minimum atomic E-state index is -0.601. The molecule has 1 fully saturated rings. The molecule has 0 aromatic rings. The topological polar surface area (TPSA) is 72.8 Å². The molecule has 1 saturated heterocycles. The SMILES string of the molecule is CCC(C)(CC)C(=O)O[C@H]1C[C@H](C)C=C2C=C[C@H](C)[C@@H](CC[C@@H]3C[C@@H](O)CC(=O)O3)[C@@H]21. The van der Waals surface area contributed by atoms with Crippen molar-refractivity contribution in [3.63, 3.8) is 0 Å². The summed E-state index contributed by atoms with van der Waals surface area (Å²) in [5.41, 5.74) is 0.831. The van der Waals surface area contributed by atoms with Crippen molar-refractivity contribution in [2.24, 2.45) is 29.1 Å². The van der Waals surface area contributed by atoms with Gasteiger partial charge in [0.15, 0.2) is 0 Å². The molecule has 3 aliphatic rings. The van der Waals surface area contributed by atoms with Gasteiger partial charge < -0.3 is 14.6 Å². The van der Waals surface area contributed by atoms with Crippen LogP contribution in [0.25, 0.3) is 0 Å². The molecule has 5 heteroatoms. The Balaban J connectivity index is 1.77. The molecule has 0 aromatic heterocycles. The van der Waals surface area contributed by atoms with Crippen molar-refractivity contribution in [3.8, 4) is 0 Å². The predicted molar refractivity (Wildman–Crippen MR) is 120 cm³/mol. The Morgan fingerprint density at radius 2 is 1.94 bits per heavy atom. The van der Waals surface area contributed by atoms with E-state index in [4.69, 9.17) is 9.47 Å². The summed E-state index contributed by atoms with van der Waals surface area (Å²) in [5, 5.41) is 9.94. The molecule has 0 radical (unpaired) electrons. The first-order valence-electron chi connectivity index (χ1n) is 12.1. The second-order valence-corrected chi connectivity index (χ2v) is 10.3. The zero-order chi connectivity index (χ0) is 22.8. The van der Waals surface area contributed by atoms with Crippen molar-refractivity contribution in [2.75, 3.05) is 0 Å². The zero-order valence-corrected chi connectivity index (χ0v) is 19.8. The molecular weight excluding hydrogens is 392 g/mol. The van der Waals surface area contributed by atoms with Crippen molar-refractivity contribution in [3.05, 3.63) is 23.8 Å². The van der Waals surface area contributed by atoms with Gasteiger partial charge in [0.1, 0.15) is 12.2 Å². The number of aliphatic hydroxyl groups is 1. The fraction of sp³-hybridized carbons (Fsp3) is 0.769. The summed E-state index contributed by atoms with van der Waals surface area (Å²) in [7, 11) is 0. The van der Waals surface area contributed by atoms with Crippen LogP contribution in [0, 0.1) is 29.1 Å². The normalized spacial score (nSPS) is 35.7. The molecule has 0 aromatic carbocycles. The molecule has 7 atom stereocenters. The summed E-state index contributed by atoms with van der Waals surface area (Å²) in [6.45, 7) is 10.5. The number of esters is 2. The third kappa shape index (κ3) is 5.42. The Morgan fingerprint density at radius 3 is 2.58 bits per heavy atom. The summed E-state index contributed by atoms with van der Waals surface area (Å²) in [6, 6.07) is 0. The maximum Gasteiger partial charge on any atom is 0.312 e. The molecule has 3 rings (SSSR count). The van der Waals surface area contributed by atoms with Crippen LogP contribution in [0.5, 0.6) is 0 Å². The van der Waals surface area contributed by atoms with E-state index in [-0.39, 0.29) is 36.5 Å². The third-order valence-corrected chi connectivity index (χ3v) is 7.96. The number of rotatable bonds is 7. The van der Waals surface area contributed by atoms with Gasteiger partial charge in [-0.2, -0.15) is 0 Å². The maximum absolute atomic E-state index is 13.1. The predicted octanol–water partition coefficient (Wildman–Crippen LogP) is 4.98. The van der Waals surface area contributed by atoms with Crippen molar-refractivity contribution in [1.82, 2.24) is 0 Å². The van der Waals surface area contributed by atoms with Crippen LogP contribution in [0.3, 0.4) is 0 Å². The van der Waals surface area contributed by atoms with Crippen LogP contribution >= 0.6 is 0 Å². The van der Waals surface area contributed by atoms with E-state index in [0.717, 1.165) is 32.1 Å².